The van der Waals surface area contributed by atoms with Crippen LogP contribution in [0, 0.1) is 6.92 Å². The van der Waals surface area contributed by atoms with Crippen LogP contribution >= 0.6 is 0 Å². The molecule has 0 fully saturated rings. The molecule has 0 aliphatic carbocycles. The summed E-state index contributed by atoms with van der Waals surface area (Å²) in [5.74, 6) is -1.07. The van der Waals surface area contributed by atoms with Crippen molar-refractivity contribution in [2.45, 2.75) is 59.2 Å². The van der Waals surface area contributed by atoms with Crippen LogP contribution in [0.5, 0.6) is 0 Å². The van der Waals surface area contributed by atoms with Gasteiger partial charge < -0.3 is 10.2 Å². The molecule has 0 unspecified atom stereocenters. The lowest BCUT2D eigenvalue weighted by molar-refractivity contribution is -0.140. The van der Waals surface area contributed by atoms with Crippen LogP contribution in [0.1, 0.15) is 54.2 Å². The van der Waals surface area contributed by atoms with Crippen LogP contribution in [0.25, 0.3) is 0 Å². The number of amides is 2. The summed E-state index contributed by atoms with van der Waals surface area (Å²) in [6.07, 6.45) is 1.98. The third-order valence-corrected chi connectivity index (χ3v) is 8.23. The third-order valence-electron chi connectivity index (χ3n) is 7.09. The van der Waals surface area contributed by atoms with E-state index in [-0.39, 0.29) is 36.4 Å². The minimum atomic E-state index is -3.92. The number of sulfonamides is 1. The van der Waals surface area contributed by atoms with Crippen LogP contribution in [-0.2, 0) is 32.6 Å². The summed E-state index contributed by atoms with van der Waals surface area (Å²) in [6, 6.07) is 22.2. The summed E-state index contributed by atoms with van der Waals surface area (Å²) in [5.41, 5.74) is 3.19. The van der Waals surface area contributed by atoms with Crippen LogP contribution < -0.4 is 9.62 Å². The van der Waals surface area contributed by atoms with Crippen molar-refractivity contribution >= 4 is 33.3 Å². The molecule has 2 atom stereocenters. The van der Waals surface area contributed by atoms with E-state index in [1.54, 1.807) is 18.2 Å². The number of benzene rings is 3. The highest BCUT2D eigenvalue weighted by Gasteiger charge is 2.33. The molecule has 3 aromatic rings. The number of carbonyl (C=O) groups is 3. The minimum Gasteiger partial charge on any atom is -0.352 e. The zero-order chi connectivity index (χ0) is 30.2. The maximum absolute atomic E-state index is 14.2. The number of Topliss-reactive ketones (excluding diaryl/α,β-unsaturated/α-hetero) is 1. The molecular formula is C32H39N3O5S. The van der Waals surface area contributed by atoms with E-state index in [4.69, 9.17) is 0 Å². The van der Waals surface area contributed by atoms with E-state index >= 15 is 0 Å². The highest BCUT2D eigenvalue weighted by Crippen LogP contribution is 2.22. The molecule has 0 radical (unpaired) electrons. The van der Waals surface area contributed by atoms with Gasteiger partial charge in [0.2, 0.25) is 21.8 Å². The summed E-state index contributed by atoms with van der Waals surface area (Å²) >= 11 is 0. The molecule has 218 valence electrons. The van der Waals surface area contributed by atoms with Gasteiger partial charge in [0.25, 0.3) is 0 Å². The second kappa shape index (κ2) is 14.1. The highest BCUT2D eigenvalue weighted by atomic mass is 32.2. The lowest BCUT2D eigenvalue weighted by atomic mass is 10.0. The molecule has 41 heavy (non-hydrogen) atoms. The average molecular weight is 578 g/mol. The van der Waals surface area contributed by atoms with Crippen LogP contribution in [0.2, 0.25) is 0 Å². The van der Waals surface area contributed by atoms with Gasteiger partial charge >= 0.3 is 0 Å². The average Bonchev–Trinajstić information content (AvgIpc) is 2.94. The zero-order valence-corrected chi connectivity index (χ0v) is 25.1. The van der Waals surface area contributed by atoms with Crippen LogP contribution in [0.15, 0.2) is 78.9 Å². The third kappa shape index (κ3) is 8.75. The van der Waals surface area contributed by atoms with Crippen LogP contribution in [0.4, 0.5) is 5.69 Å². The van der Waals surface area contributed by atoms with Crippen molar-refractivity contribution in [3.8, 4) is 0 Å². The molecule has 1 N–H and O–H groups in total. The Balaban J connectivity index is 2.09. The lowest BCUT2D eigenvalue weighted by Gasteiger charge is -2.34. The largest absolute Gasteiger partial charge is 0.352 e. The van der Waals surface area contributed by atoms with E-state index in [1.165, 1.54) is 17.9 Å². The quantitative estimate of drug-likeness (QED) is 0.301. The summed E-state index contributed by atoms with van der Waals surface area (Å²) < 4.78 is 26.9. The molecule has 3 aromatic carbocycles. The fourth-order valence-corrected chi connectivity index (χ4v) is 5.30. The molecule has 0 saturated carbocycles. The first-order chi connectivity index (χ1) is 19.4. The van der Waals surface area contributed by atoms with Crippen molar-refractivity contribution in [3.63, 3.8) is 0 Å². The lowest BCUT2D eigenvalue weighted by Crippen LogP contribution is -2.54. The maximum Gasteiger partial charge on any atom is 0.244 e. The van der Waals surface area contributed by atoms with Gasteiger partial charge in [-0.3, -0.25) is 18.7 Å². The summed E-state index contributed by atoms with van der Waals surface area (Å²) in [6.45, 7) is 6.77. The molecule has 0 aromatic heterocycles. The molecule has 0 saturated heterocycles. The molecule has 0 aliphatic heterocycles. The number of carbonyl (C=O) groups excluding carboxylic acids is 3. The Labute approximate surface area is 243 Å². The minimum absolute atomic E-state index is 0.113. The Kier molecular flexibility index (Phi) is 10.8. The van der Waals surface area contributed by atoms with Crippen molar-refractivity contribution in [3.05, 3.63) is 101 Å². The monoisotopic (exact) mass is 577 g/mol. The fourth-order valence-electron chi connectivity index (χ4n) is 4.46. The van der Waals surface area contributed by atoms with Gasteiger partial charge in [-0.05, 0) is 56.0 Å². The Hall–Kier alpha value is -3.98. The topological polar surface area (TPSA) is 104 Å². The number of hydrogen-bond donors (Lipinski definition) is 1. The Morgan fingerprint density at radius 1 is 0.927 bits per heavy atom. The molecule has 0 bridgehead atoms. The van der Waals surface area contributed by atoms with E-state index in [9.17, 15) is 22.8 Å². The van der Waals surface area contributed by atoms with Gasteiger partial charge in [-0.1, -0.05) is 73.7 Å². The predicted molar refractivity (Wildman–Crippen MR) is 162 cm³/mol. The Morgan fingerprint density at radius 3 is 2.20 bits per heavy atom. The summed E-state index contributed by atoms with van der Waals surface area (Å²) in [4.78, 5) is 41.4. The number of ketones is 1. The van der Waals surface area contributed by atoms with E-state index in [1.807, 2.05) is 75.4 Å². The smallest absolute Gasteiger partial charge is 0.244 e. The van der Waals surface area contributed by atoms with Crippen molar-refractivity contribution < 1.29 is 22.8 Å². The molecule has 3 rings (SSSR count). The molecule has 8 nitrogen and oxygen atoms in total. The fraction of sp³-hybridized carbons (Fsp3) is 0.344. The maximum atomic E-state index is 14.2. The first kappa shape index (κ1) is 31.5. The normalized spacial score (nSPS) is 12.7. The van der Waals surface area contributed by atoms with Gasteiger partial charge in [0, 0.05) is 24.6 Å². The SMILES string of the molecule is CC[C@H](C)NC(=O)[C@H](Cc1ccccc1)N(Cc1ccccc1C)C(=O)CN(c1cccc(C(C)=O)c1)S(C)(=O)=O. The van der Waals surface area contributed by atoms with E-state index < -0.39 is 28.5 Å². The standard InChI is InChI=1S/C32H39N3O5S/c1-6-24(3)33-32(38)30(19-26-14-8-7-9-15-26)34(21-28-16-11-10-13-23(28)2)31(37)22-35(41(5,39)40)29-18-12-17-27(20-29)25(4)36/h7-18,20,24,30H,6,19,21-22H2,1-5H3,(H,33,38)/t24-,30-/m0/s1. The highest BCUT2D eigenvalue weighted by molar-refractivity contribution is 7.92. The number of anilines is 1. The summed E-state index contributed by atoms with van der Waals surface area (Å²) in [5, 5.41) is 3.02. The molecule has 2 amide bonds. The second-order valence-electron chi connectivity index (χ2n) is 10.3. The number of nitrogens with one attached hydrogen (secondary N) is 1. The number of rotatable bonds is 13. The number of aryl methyl sites for hydroxylation is 1. The Morgan fingerprint density at radius 2 is 1.59 bits per heavy atom. The van der Waals surface area contributed by atoms with Crippen molar-refractivity contribution in [1.29, 1.82) is 0 Å². The van der Waals surface area contributed by atoms with Crippen molar-refractivity contribution in [1.82, 2.24) is 10.2 Å². The molecule has 9 heteroatoms. The summed E-state index contributed by atoms with van der Waals surface area (Å²) in [7, 11) is -3.92. The van der Waals surface area contributed by atoms with Gasteiger partial charge in [-0.15, -0.1) is 0 Å². The van der Waals surface area contributed by atoms with Crippen LogP contribution in [-0.4, -0.2) is 55.8 Å². The van der Waals surface area contributed by atoms with E-state index in [2.05, 4.69) is 5.32 Å². The van der Waals surface area contributed by atoms with Gasteiger partial charge in [-0.2, -0.15) is 0 Å². The Bertz CT molecular complexity index is 1470. The van der Waals surface area contributed by atoms with Gasteiger partial charge in [-0.25, -0.2) is 8.42 Å². The van der Waals surface area contributed by atoms with E-state index in [0.29, 0.717) is 12.0 Å². The number of hydrogen-bond acceptors (Lipinski definition) is 5. The zero-order valence-electron chi connectivity index (χ0n) is 24.3. The van der Waals surface area contributed by atoms with Gasteiger partial charge in [0.15, 0.2) is 5.78 Å². The molecule has 0 aliphatic rings. The molecule has 0 spiro atoms. The predicted octanol–water partition coefficient (Wildman–Crippen LogP) is 4.52. The van der Waals surface area contributed by atoms with Gasteiger partial charge in [0.05, 0.1) is 11.9 Å². The molecule has 0 heterocycles. The first-order valence-corrected chi connectivity index (χ1v) is 15.5. The second-order valence-corrected chi connectivity index (χ2v) is 12.3. The van der Waals surface area contributed by atoms with Gasteiger partial charge in [0.1, 0.15) is 12.6 Å². The number of nitrogens with zero attached hydrogens (tertiary/aromatic N) is 2. The first-order valence-electron chi connectivity index (χ1n) is 13.7. The van der Waals surface area contributed by atoms with Crippen molar-refractivity contribution in [2.24, 2.45) is 0 Å². The van der Waals surface area contributed by atoms with Crippen LogP contribution in [0.3, 0.4) is 0 Å². The molecular weight excluding hydrogens is 538 g/mol. The van der Waals surface area contributed by atoms with E-state index in [0.717, 1.165) is 27.3 Å². The van der Waals surface area contributed by atoms with Crippen molar-refractivity contribution in [2.75, 3.05) is 17.1 Å².